The number of ether oxygens (including phenoxy) is 2. The van der Waals surface area contributed by atoms with E-state index in [1.165, 1.54) is 13.0 Å². The summed E-state index contributed by atoms with van der Waals surface area (Å²) in [7, 11) is 0. The van der Waals surface area contributed by atoms with Gasteiger partial charge in [-0.15, -0.1) is 0 Å². The Morgan fingerprint density at radius 2 is 1.70 bits per heavy atom. The Hall–Kier alpha value is -2.24. The zero-order valence-corrected chi connectivity index (χ0v) is 16.8. The molecular weight excluding hydrogens is 389 g/mol. The van der Waals surface area contributed by atoms with Crippen LogP contribution in [0.5, 0.6) is 5.75 Å². The highest BCUT2D eigenvalue weighted by atomic mass is 35.5. The molecule has 0 N–H and O–H groups in total. The molecule has 0 radical (unpaired) electrons. The molecule has 2 rings (SSSR count). The smallest absolute Gasteiger partial charge is 0.347 e. The van der Waals surface area contributed by atoms with Gasteiger partial charge in [0.1, 0.15) is 5.75 Å². The van der Waals surface area contributed by atoms with Crippen LogP contribution in [0.1, 0.15) is 20.8 Å². The van der Waals surface area contributed by atoms with Gasteiger partial charge in [0.2, 0.25) is 0 Å². The maximum atomic E-state index is 12.5. The zero-order chi connectivity index (χ0) is 20.0. The molecule has 0 saturated carbocycles. The molecule has 2 aromatic rings. The third-order valence-corrected chi connectivity index (χ3v) is 4.22. The van der Waals surface area contributed by atoms with Crippen LogP contribution in [0.3, 0.4) is 0 Å². The highest BCUT2D eigenvalue weighted by Gasteiger charge is 2.23. The molecule has 0 spiro atoms. The molecule has 1 atom stereocenters. The minimum absolute atomic E-state index is 0.0832. The molecule has 1 amide bonds. The number of halogens is 2. The molecule has 0 fully saturated rings. The molecule has 2 aromatic carbocycles. The maximum Gasteiger partial charge on any atom is 0.347 e. The van der Waals surface area contributed by atoms with Gasteiger partial charge in [0.15, 0.2) is 12.7 Å². The van der Waals surface area contributed by atoms with Crippen molar-refractivity contribution in [3.8, 4) is 5.75 Å². The van der Waals surface area contributed by atoms with E-state index in [1.54, 1.807) is 17.0 Å². The van der Waals surface area contributed by atoms with Gasteiger partial charge in [-0.25, -0.2) is 4.79 Å². The molecule has 0 saturated heterocycles. The minimum Gasteiger partial charge on any atom is -0.477 e. The number of para-hydroxylation sites is 1. The van der Waals surface area contributed by atoms with E-state index in [-0.39, 0.29) is 23.6 Å². The van der Waals surface area contributed by atoms with Gasteiger partial charge >= 0.3 is 5.97 Å². The molecule has 5 nitrogen and oxygen atoms in total. The predicted octanol–water partition coefficient (Wildman–Crippen LogP) is 4.75. The van der Waals surface area contributed by atoms with Crippen molar-refractivity contribution in [2.45, 2.75) is 32.9 Å². The second kappa shape index (κ2) is 9.62. The number of carbonyl (C=O) groups excluding carboxylic acids is 2. The lowest BCUT2D eigenvalue weighted by molar-refractivity contribution is -0.154. The van der Waals surface area contributed by atoms with Gasteiger partial charge in [0.25, 0.3) is 5.91 Å². The Morgan fingerprint density at radius 1 is 1.04 bits per heavy atom. The maximum absolute atomic E-state index is 12.5. The van der Waals surface area contributed by atoms with Gasteiger partial charge in [0.05, 0.1) is 5.02 Å². The molecule has 0 aliphatic rings. The summed E-state index contributed by atoms with van der Waals surface area (Å²) in [6, 6.07) is 13.8. The molecule has 7 heteroatoms. The third kappa shape index (κ3) is 5.88. The highest BCUT2D eigenvalue weighted by Crippen LogP contribution is 2.28. The minimum atomic E-state index is -0.930. The number of nitrogens with zero attached hydrogens (tertiary/aromatic N) is 1. The van der Waals surface area contributed by atoms with Crippen LogP contribution in [0.25, 0.3) is 0 Å². The van der Waals surface area contributed by atoms with Gasteiger partial charge in [-0.2, -0.15) is 0 Å². The number of hydrogen-bond acceptors (Lipinski definition) is 4. The van der Waals surface area contributed by atoms with Gasteiger partial charge in [-0.1, -0.05) is 41.4 Å². The Balaban J connectivity index is 1.95. The molecule has 0 aliphatic heterocycles. The summed E-state index contributed by atoms with van der Waals surface area (Å²) in [5.41, 5.74) is 0.741. The number of carbonyl (C=O) groups is 2. The van der Waals surface area contributed by atoms with Crippen LogP contribution in [0.2, 0.25) is 10.0 Å². The molecule has 0 aromatic heterocycles. The standard InChI is InChI=1S/C20H21Cl2NO4/c1-13(2)23(16-7-5-4-6-8-16)19(24)12-26-20(25)14(3)27-18-10-9-15(21)11-17(18)22/h4-11,13-14H,12H2,1-3H3/t14-/m1/s1. The lowest BCUT2D eigenvalue weighted by atomic mass is 10.2. The van der Waals surface area contributed by atoms with Gasteiger partial charge in [-0.3, -0.25) is 4.79 Å². The lowest BCUT2D eigenvalue weighted by Crippen LogP contribution is -2.40. The van der Waals surface area contributed by atoms with Gasteiger partial charge in [0, 0.05) is 16.8 Å². The molecule has 144 valence electrons. The number of benzene rings is 2. The number of esters is 1. The van der Waals surface area contributed by atoms with Crippen molar-refractivity contribution < 1.29 is 19.1 Å². The molecule has 0 unspecified atom stereocenters. The molecule has 27 heavy (non-hydrogen) atoms. The van der Waals surface area contributed by atoms with Crippen LogP contribution in [0.15, 0.2) is 48.5 Å². The fraction of sp³-hybridized carbons (Fsp3) is 0.300. The van der Waals surface area contributed by atoms with E-state index in [0.29, 0.717) is 10.8 Å². The van der Waals surface area contributed by atoms with Crippen LogP contribution in [-0.4, -0.2) is 30.6 Å². The first kappa shape index (κ1) is 21.1. The van der Waals surface area contributed by atoms with Crippen molar-refractivity contribution in [2.75, 3.05) is 11.5 Å². The van der Waals surface area contributed by atoms with Crippen LogP contribution in [-0.2, 0) is 14.3 Å². The van der Waals surface area contributed by atoms with E-state index >= 15 is 0 Å². The second-order valence-corrected chi connectivity index (χ2v) is 6.98. The van der Waals surface area contributed by atoms with Crippen molar-refractivity contribution in [3.63, 3.8) is 0 Å². The van der Waals surface area contributed by atoms with E-state index in [0.717, 1.165) is 5.69 Å². The summed E-state index contributed by atoms with van der Waals surface area (Å²) in [4.78, 5) is 26.3. The van der Waals surface area contributed by atoms with Gasteiger partial charge in [-0.05, 0) is 51.1 Å². The lowest BCUT2D eigenvalue weighted by Gasteiger charge is -2.27. The average Bonchev–Trinajstić information content (AvgIpc) is 2.62. The summed E-state index contributed by atoms with van der Waals surface area (Å²) in [6.07, 6.45) is -0.930. The van der Waals surface area contributed by atoms with Crippen molar-refractivity contribution in [2.24, 2.45) is 0 Å². The Bertz CT molecular complexity index is 796. The number of rotatable bonds is 7. The monoisotopic (exact) mass is 409 g/mol. The zero-order valence-electron chi connectivity index (χ0n) is 15.3. The van der Waals surface area contributed by atoms with E-state index < -0.39 is 12.1 Å². The quantitative estimate of drug-likeness (QED) is 0.619. The number of anilines is 1. The first-order chi connectivity index (χ1) is 12.8. The van der Waals surface area contributed by atoms with E-state index in [2.05, 4.69) is 0 Å². The summed E-state index contributed by atoms with van der Waals surface area (Å²) in [5, 5.41) is 0.746. The van der Waals surface area contributed by atoms with E-state index in [1.807, 2.05) is 44.2 Å². The molecule has 0 heterocycles. The topological polar surface area (TPSA) is 55.8 Å². The fourth-order valence-corrected chi connectivity index (χ4v) is 2.90. The van der Waals surface area contributed by atoms with Crippen LogP contribution in [0, 0.1) is 0 Å². The van der Waals surface area contributed by atoms with E-state index in [9.17, 15) is 9.59 Å². The molecular formula is C20H21Cl2NO4. The average molecular weight is 410 g/mol. The molecule has 0 bridgehead atoms. The first-order valence-corrected chi connectivity index (χ1v) is 9.20. The van der Waals surface area contributed by atoms with Crippen molar-refractivity contribution >= 4 is 40.8 Å². The molecule has 0 aliphatic carbocycles. The van der Waals surface area contributed by atoms with Crippen LogP contribution >= 0.6 is 23.2 Å². The number of hydrogen-bond donors (Lipinski definition) is 0. The van der Waals surface area contributed by atoms with Crippen molar-refractivity contribution in [3.05, 3.63) is 58.6 Å². The SMILES string of the molecule is CC(C)N(C(=O)COC(=O)[C@@H](C)Oc1ccc(Cl)cc1Cl)c1ccccc1. The summed E-state index contributed by atoms with van der Waals surface area (Å²) in [5.74, 6) is -0.669. The summed E-state index contributed by atoms with van der Waals surface area (Å²) in [6.45, 7) is 4.92. The summed E-state index contributed by atoms with van der Waals surface area (Å²) >= 11 is 11.9. The van der Waals surface area contributed by atoms with Crippen molar-refractivity contribution in [1.29, 1.82) is 0 Å². The fourth-order valence-electron chi connectivity index (χ4n) is 2.45. The van der Waals surface area contributed by atoms with Crippen LogP contribution in [0.4, 0.5) is 5.69 Å². The first-order valence-electron chi connectivity index (χ1n) is 8.45. The normalized spacial score (nSPS) is 11.8. The Morgan fingerprint density at radius 3 is 2.30 bits per heavy atom. The number of amides is 1. The third-order valence-electron chi connectivity index (χ3n) is 3.69. The van der Waals surface area contributed by atoms with Crippen LogP contribution < -0.4 is 9.64 Å². The predicted molar refractivity (Wildman–Crippen MR) is 107 cm³/mol. The highest BCUT2D eigenvalue weighted by molar-refractivity contribution is 6.35. The Labute approximate surface area is 168 Å². The van der Waals surface area contributed by atoms with E-state index in [4.69, 9.17) is 32.7 Å². The van der Waals surface area contributed by atoms with Gasteiger partial charge < -0.3 is 14.4 Å². The largest absolute Gasteiger partial charge is 0.477 e. The second-order valence-electron chi connectivity index (χ2n) is 6.14. The van der Waals surface area contributed by atoms with Crippen molar-refractivity contribution in [1.82, 2.24) is 0 Å². The Kier molecular flexibility index (Phi) is 7.51. The summed E-state index contributed by atoms with van der Waals surface area (Å²) < 4.78 is 10.6.